The van der Waals surface area contributed by atoms with Crippen molar-refractivity contribution >= 4 is 5.91 Å². The first-order valence-electron chi connectivity index (χ1n) is 7.27. The fourth-order valence-corrected chi connectivity index (χ4v) is 2.27. The molecule has 2 N–H and O–H groups in total. The van der Waals surface area contributed by atoms with Crippen LogP contribution < -0.4 is 5.73 Å². The second-order valence-electron chi connectivity index (χ2n) is 4.83. The molecule has 0 aliphatic rings. The molecule has 0 aliphatic carbocycles. The Labute approximate surface area is 121 Å². The number of ether oxygens (including phenoxy) is 1. The number of carbonyl (C=O) groups is 1. The second-order valence-corrected chi connectivity index (χ2v) is 4.83. The molecule has 1 aromatic rings. The molecule has 0 bridgehead atoms. The van der Waals surface area contributed by atoms with E-state index in [0.29, 0.717) is 26.2 Å². The number of hydrogen-bond donors (Lipinski definition) is 1. The van der Waals surface area contributed by atoms with Gasteiger partial charge in [-0.25, -0.2) is 0 Å². The van der Waals surface area contributed by atoms with Crippen molar-refractivity contribution in [3.63, 3.8) is 0 Å². The highest BCUT2D eigenvalue weighted by atomic mass is 16.5. The summed E-state index contributed by atoms with van der Waals surface area (Å²) in [6, 6.07) is 9.96. The minimum atomic E-state index is -0.0779. The minimum Gasteiger partial charge on any atom is -0.383 e. The molecule has 20 heavy (non-hydrogen) atoms. The maximum Gasteiger partial charge on any atom is 0.230 e. The highest BCUT2D eigenvalue weighted by Crippen LogP contribution is 2.22. The molecule has 0 saturated carbocycles. The third-order valence-corrected chi connectivity index (χ3v) is 3.42. The van der Waals surface area contributed by atoms with Gasteiger partial charge in [-0.05, 0) is 24.9 Å². The SMILES string of the molecule is CCC(C(=O)N(CCCN)CCOC)c1ccccc1. The lowest BCUT2D eigenvalue weighted by atomic mass is 9.95. The molecule has 0 radical (unpaired) electrons. The smallest absolute Gasteiger partial charge is 0.230 e. The quantitative estimate of drug-likeness (QED) is 0.751. The fourth-order valence-electron chi connectivity index (χ4n) is 2.27. The lowest BCUT2D eigenvalue weighted by Gasteiger charge is -2.27. The zero-order valence-electron chi connectivity index (χ0n) is 12.5. The highest BCUT2D eigenvalue weighted by molar-refractivity contribution is 5.83. The topological polar surface area (TPSA) is 55.6 Å². The van der Waals surface area contributed by atoms with Crippen molar-refractivity contribution in [3.05, 3.63) is 35.9 Å². The van der Waals surface area contributed by atoms with Crippen LogP contribution in [-0.4, -0.2) is 44.2 Å². The van der Waals surface area contributed by atoms with Gasteiger partial charge in [0.25, 0.3) is 0 Å². The van der Waals surface area contributed by atoms with E-state index in [1.54, 1.807) is 7.11 Å². The van der Waals surface area contributed by atoms with E-state index in [0.717, 1.165) is 18.4 Å². The zero-order chi connectivity index (χ0) is 14.8. The third kappa shape index (κ3) is 4.94. The number of nitrogens with zero attached hydrogens (tertiary/aromatic N) is 1. The number of rotatable bonds is 9. The molecule has 1 amide bonds. The molecule has 1 atom stereocenters. The summed E-state index contributed by atoms with van der Waals surface area (Å²) in [6.07, 6.45) is 1.62. The molecule has 0 fully saturated rings. The number of hydrogen-bond acceptors (Lipinski definition) is 3. The summed E-state index contributed by atoms with van der Waals surface area (Å²) < 4.78 is 5.10. The summed E-state index contributed by atoms with van der Waals surface area (Å²) in [5.41, 5.74) is 6.63. The van der Waals surface area contributed by atoms with Crippen molar-refractivity contribution in [1.82, 2.24) is 4.90 Å². The zero-order valence-corrected chi connectivity index (χ0v) is 12.5. The number of carbonyl (C=O) groups excluding carboxylic acids is 1. The van der Waals surface area contributed by atoms with Gasteiger partial charge >= 0.3 is 0 Å². The van der Waals surface area contributed by atoms with Crippen LogP contribution in [0.5, 0.6) is 0 Å². The molecule has 1 unspecified atom stereocenters. The van der Waals surface area contributed by atoms with E-state index in [4.69, 9.17) is 10.5 Å². The van der Waals surface area contributed by atoms with Crippen LogP contribution in [-0.2, 0) is 9.53 Å². The first-order valence-corrected chi connectivity index (χ1v) is 7.27. The predicted octanol–water partition coefficient (Wildman–Crippen LogP) is 2.00. The first-order chi connectivity index (χ1) is 9.74. The lowest BCUT2D eigenvalue weighted by Crippen LogP contribution is -2.38. The van der Waals surface area contributed by atoms with Gasteiger partial charge in [-0.15, -0.1) is 0 Å². The van der Waals surface area contributed by atoms with E-state index < -0.39 is 0 Å². The molecule has 4 heteroatoms. The molecule has 0 aromatic heterocycles. The van der Waals surface area contributed by atoms with Crippen molar-refractivity contribution in [2.75, 3.05) is 33.4 Å². The van der Waals surface area contributed by atoms with Crippen molar-refractivity contribution in [1.29, 1.82) is 0 Å². The van der Waals surface area contributed by atoms with Crippen LogP contribution in [0.1, 0.15) is 31.2 Å². The summed E-state index contributed by atoms with van der Waals surface area (Å²) in [5.74, 6) is 0.0926. The van der Waals surface area contributed by atoms with Gasteiger partial charge < -0.3 is 15.4 Å². The van der Waals surface area contributed by atoms with Crippen molar-refractivity contribution in [2.24, 2.45) is 5.73 Å². The lowest BCUT2D eigenvalue weighted by molar-refractivity contribution is -0.133. The van der Waals surface area contributed by atoms with E-state index in [-0.39, 0.29) is 11.8 Å². The molecule has 1 rings (SSSR count). The summed E-state index contributed by atoms with van der Waals surface area (Å²) in [7, 11) is 1.65. The third-order valence-electron chi connectivity index (χ3n) is 3.42. The van der Waals surface area contributed by atoms with E-state index in [1.165, 1.54) is 0 Å². The van der Waals surface area contributed by atoms with Gasteiger partial charge in [-0.2, -0.15) is 0 Å². The van der Waals surface area contributed by atoms with Crippen LogP contribution in [0.3, 0.4) is 0 Å². The predicted molar refractivity (Wildman–Crippen MR) is 81.6 cm³/mol. The number of amides is 1. The molecule has 4 nitrogen and oxygen atoms in total. The maximum absolute atomic E-state index is 12.7. The standard InChI is InChI=1S/C16H26N2O2/c1-3-15(14-8-5-4-6-9-14)16(19)18(11-7-10-17)12-13-20-2/h4-6,8-9,15H,3,7,10-13,17H2,1-2H3. The van der Waals surface area contributed by atoms with E-state index >= 15 is 0 Å². The molecule has 1 aromatic carbocycles. The van der Waals surface area contributed by atoms with Crippen molar-refractivity contribution < 1.29 is 9.53 Å². The molecule has 0 aliphatic heterocycles. The normalized spacial score (nSPS) is 12.2. The van der Waals surface area contributed by atoms with Crippen LogP contribution in [0.15, 0.2) is 30.3 Å². The van der Waals surface area contributed by atoms with E-state index in [1.807, 2.05) is 42.2 Å². The number of benzene rings is 1. The van der Waals surface area contributed by atoms with Gasteiger partial charge in [0.2, 0.25) is 5.91 Å². The van der Waals surface area contributed by atoms with Gasteiger partial charge in [-0.1, -0.05) is 37.3 Å². The number of nitrogens with two attached hydrogens (primary N) is 1. The Hall–Kier alpha value is -1.39. The molecule has 112 valence electrons. The summed E-state index contributed by atoms with van der Waals surface area (Å²) >= 11 is 0. The Morgan fingerprint density at radius 2 is 2.00 bits per heavy atom. The Morgan fingerprint density at radius 3 is 2.55 bits per heavy atom. The summed E-state index contributed by atoms with van der Waals surface area (Å²) in [5, 5.41) is 0. The van der Waals surface area contributed by atoms with Gasteiger partial charge in [0.15, 0.2) is 0 Å². The van der Waals surface area contributed by atoms with Crippen molar-refractivity contribution in [3.8, 4) is 0 Å². The molecular weight excluding hydrogens is 252 g/mol. The summed E-state index contributed by atoms with van der Waals surface area (Å²) in [4.78, 5) is 14.6. The molecular formula is C16H26N2O2. The Kier molecular flexibility index (Phi) is 7.92. The van der Waals surface area contributed by atoms with Crippen molar-refractivity contribution in [2.45, 2.75) is 25.7 Å². The van der Waals surface area contributed by atoms with E-state index in [9.17, 15) is 4.79 Å². The van der Waals surface area contributed by atoms with Gasteiger partial charge in [0.05, 0.1) is 12.5 Å². The summed E-state index contributed by atoms with van der Waals surface area (Å²) in [6.45, 7) is 4.52. The van der Waals surface area contributed by atoms with Gasteiger partial charge in [-0.3, -0.25) is 4.79 Å². The van der Waals surface area contributed by atoms with Gasteiger partial charge in [0, 0.05) is 20.2 Å². The largest absolute Gasteiger partial charge is 0.383 e. The first kappa shape index (κ1) is 16.7. The molecule has 0 spiro atoms. The van der Waals surface area contributed by atoms with Crippen LogP contribution >= 0.6 is 0 Å². The fraction of sp³-hybridized carbons (Fsp3) is 0.562. The Bertz CT molecular complexity index is 373. The molecule has 0 saturated heterocycles. The Balaban J connectivity index is 2.78. The minimum absolute atomic E-state index is 0.0779. The van der Waals surface area contributed by atoms with Gasteiger partial charge in [0.1, 0.15) is 0 Å². The van der Waals surface area contributed by atoms with Crippen LogP contribution in [0.2, 0.25) is 0 Å². The average Bonchev–Trinajstić information content (AvgIpc) is 2.49. The van der Waals surface area contributed by atoms with E-state index in [2.05, 4.69) is 0 Å². The van der Waals surface area contributed by atoms with Crippen LogP contribution in [0.4, 0.5) is 0 Å². The van der Waals surface area contributed by atoms with Crippen LogP contribution in [0, 0.1) is 0 Å². The monoisotopic (exact) mass is 278 g/mol. The number of methoxy groups -OCH3 is 1. The maximum atomic E-state index is 12.7. The second kappa shape index (κ2) is 9.50. The highest BCUT2D eigenvalue weighted by Gasteiger charge is 2.23. The van der Waals surface area contributed by atoms with Crippen LogP contribution in [0.25, 0.3) is 0 Å². The average molecular weight is 278 g/mol. The molecule has 0 heterocycles. The Morgan fingerprint density at radius 1 is 1.30 bits per heavy atom.